The molecule has 0 saturated carbocycles. The number of hydrogen-bond acceptors (Lipinski definition) is 5. The van der Waals surface area contributed by atoms with Gasteiger partial charge in [0.15, 0.2) is 11.8 Å². The summed E-state index contributed by atoms with van der Waals surface area (Å²) in [6.07, 6.45) is 2.04. The number of aliphatic imine (C=N–C) groups is 1. The molecule has 0 unspecified atom stereocenters. The lowest BCUT2D eigenvalue weighted by Gasteiger charge is -2.47. The Labute approximate surface area is 170 Å². The van der Waals surface area contributed by atoms with Crippen molar-refractivity contribution in [2.75, 3.05) is 24.5 Å². The predicted octanol–water partition coefficient (Wildman–Crippen LogP) is 3.80. The van der Waals surface area contributed by atoms with E-state index < -0.39 is 0 Å². The van der Waals surface area contributed by atoms with Crippen molar-refractivity contribution < 1.29 is 4.42 Å². The molecule has 1 fully saturated rings. The number of fused-ring (bicyclic) bond motifs is 1. The maximum Gasteiger partial charge on any atom is 0.298 e. The topological polar surface area (TPSA) is 80.7 Å². The van der Waals surface area contributed by atoms with Crippen LogP contribution in [0.2, 0.25) is 0 Å². The largest absolute Gasteiger partial charge is 0.423 e. The van der Waals surface area contributed by atoms with Crippen molar-refractivity contribution in [1.29, 1.82) is 5.26 Å². The molecular weight excluding hydrogens is 364 g/mol. The SMILES string of the molecule is Cc1ccccc1N=C(NC#N)N1CCN(c2nc3ccccc3o2)CC1(C)C. The molecule has 4 rings (SSSR count). The number of para-hydroxylation sites is 3. The van der Waals surface area contributed by atoms with Gasteiger partial charge in [-0.2, -0.15) is 10.2 Å². The quantitative estimate of drug-likeness (QED) is 0.311. The monoisotopic (exact) mass is 388 g/mol. The normalized spacial score (nSPS) is 16.7. The number of benzene rings is 2. The summed E-state index contributed by atoms with van der Waals surface area (Å²) in [6.45, 7) is 8.38. The van der Waals surface area contributed by atoms with Crippen molar-refractivity contribution in [1.82, 2.24) is 15.2 Å². The lowest BCUT2D eigenvalue weighted by molar-refractivity contribution is 0.184. The predicted molar refractivity (Wildman–Crippen MR) is 114 cm³/mol. The minimum atomic E-state index is -0.287. The zero-order valence-electron chi connectivity index (χ0n) is 16.9. The summed E-state index contributed by atoms with van der Waals surface area (Å²) in [6, 6.07) is 16.3. The summed E-state index contributed by atoms with van der Waals surface area (Å²) in [7, 11) is 0. The number of oxazole rings is 1. The molecule has 2 aromatic carbocycles. The van der Waals surface area contributed by atoms with Gasteiger partial charge in [0.25, 0.3) is 6.01 Å². The molecule has 0 aliphatic carbocycles. The van der Waals surface area contributed by atoms with E-state index >= 15 is 0 Å². The van der Waals surface area contributed by atoms with Crippen LogP contribution in [0.5, 0.6) is 0 Å². The van der Waals surface area contributed by atoms with E-state index in [9.17, 15) is 5.26 Å². The van der Waals surface area contributed by atoms with Crippen LogP contribution in [0.1, 0.15) is 19.4 Å². The first-order valence-corrected chi connectivity index (χ1v) is 9.65. The van der Waals surface area contributed by atoms with Crippen LogP contribution in [0.4, 0.5) is 11.7 Å². The van der Waals surface area contributed by atoms with E-state index in [0.29, 0.717) is 25.1 Å². The number of aryl methyl sites for hydroxylation is 1. The van der Waals surface area contributed by atoms with Gasteiger partial charge in [-0.05, 0) is 44.5 Å². The van der Waals surface area contributed by atoms with Gasteiger partial charge in [-0.15, -0.1) is 0 Å². The van der Waals surface area contributed by atoms with Crippen molar-refractivity contribution in [3.8, 4) is 6.19 Å². The Morgan fingerprint density at radius 1 is 1.17 bits per heavy atom. The number of nitrogens with zero attached hydrogens (tertiary/aromatic N) is 5. The van der Waals surface area contributed by atoms with Crippen LogP contribution >= 0.6 is 0 Å². The molecule has 1 saturated heterocycles. The standard InChI is InChI=1S/C22H24N6O/c1-16-8-4-5-9-17(16)25-20(24-15-23)28-13-12-27(14-22(28,2)3)21-26-18-10-6-7-11-19(18)29-21/h4-11H,12-14H2,1-3H3,(H,24,25). The molecule has 1 N–H and O–H groups in total. The van der Waals surface area contributed by atoms with Crippen LogP contribution in [-0.4, -0.2) is 41.0 Å². The molecule has 2 heterocycles. The van der Waals surface area contributed by atoms with Crippen molar-refractivity contribution in [2.45, 2.75) is 26.3 Å². The third kappa shape index (κ3) is 3.74. The zero-order chi connectivity index (χ0) is 20.4. The minimum Gasteiger partial charge on any atom is -0.423 e. The van der Waals surface area contributed by atoms with Crippen LogP contribution in [-0.2, 0) is 0 Å². The van der Waals surface area contributed by atoms with Gasteiger partial charge < -0.3 is 14.2 Å². The molecule has 1 aliphatic rings. The van der Waals surface area contributed by atoms with E-state index in [4.69, 9.17) is 9.41 Å². The van der Waals surface area contributed by atoms with Gasteiger partial charge in [-0.25, -0.2) is 4.99 Å². The fourth-order valence-electron chi connectivity index (χ4n) is 3.71. The summed E-state index contributed by atoms with van der Waals surface area (Å²) in [5.41, 5.74) is 3.27. The number of nitrogens with one attached hydrogen (secondary N) is 1. The van der Waals surface area contributed by atoms with Gasteiger partial charge in [0.1, 0.15) is 5.52 Å². The molecule has 0 spiro atoms. The third-order valence-electron chi connectivity index (χ3n) is 5.22. The first kappa shape index (κ1) is 18.8. The fraction of sp³-hybridized carbons (Fsp3) is 0.318. The maximum atomic E-state index is 9.29. The van der Waals surface area contributed by atoms with Gasteiger partial charge in [-0.1, -0.05) is 30.3 Å². The second kappa shape index (κ2) is 7.47. The molecule has 0 amide bonds. The number of piperazine rings is 1. The summed E-state index contributed by atoms with van der Waals surface area (Å²) >= 11 is 0. The highest BCUT2D eigenvalue weighted by Crippen LogP contribution is 2.29. The molecule has 1 aliphatic heterocycles. The highest BCUT2D eigenvalue weighted by molar-refractivity contribution is 5.85. The van der Waals surface area contributed by atoms with E-state index in [-0.39, 0.29) is 5.54 Å². The summed E-state index contributed by atoms with van der Waals surface area (Å²) in [4.78, 5) is 13.7. The molecule has 0 bridgehead atoms. The maximum absolute atomic E-state index is 9.29. The molecule has 148 valence electrons. The first-order chi connectivity index (χ1) is 14.0. The smallest absolute Gasteiger partial charge is 0.298 e. The lowest BCUT2D eigenvalue weighted by Crippen LogP contribution is -2.63. The minimum absolute atomic E-state index is 0.287. The van der Waals surface area contributed by atoms with Crippen molar-refractivity contribution >= 4 is 28.8 Å². The van der Waals surface area contributed by atoms with Gasteiger partial charge in [0, 0.05) is 19.6 Å². The van der Waals surface area contributed by atoms with E-state index in [1.54, 1.807) is 0 Å². The summed E-state index contributed by atoms with van der Waals surface area (Å²) in [5.74, 6) is 0.559. The number of nitriles is 1. The third-order valence-corrected chi connectivity index (χ3v) is 5.22. The average Bonchev–Trinajstić information content (AvgIpc) is 3.13. The van der Waals surface area contributed by atoms with E-state index in [0.717, 1.165) is 28.9 Å². The van der Waals surface area contributed by atoms with Gasteiger partial charge in [0.05, 0.1) is 11.2 Å². The van der Waals surface area contributed by atoms with Crippen LogP contribution in [0.25, 0.3) is 11.1 Å². The number of aromatic nitrogens is 1. The average molecular weight is 388 g/mol. The summed E-state index contributed by atoms with van der Waals surface area (Å²) < 4.78 is 5.95. The molecule has 1 aromatic heterocycles. The number of anilines is 1. The van der Waals surface area contributed by atoms with Crippen molar-refractivity contribution in [3.63, 3.8) is 0 Å². The summed E-state index contributed by atoms with van der Waals surface area (Å²) in [5, 5.41) is 12.1. The number of hydrogen-bond donors (Lipinski definition) is 1. The van der Waals surface area contributed by atoms with Gasteiger partial charge in [-0.3, -0.25) is 5.32 Å². The lowest BCUT2D eigenvalue weighted by atomic mass is 9.99. The molecule has 0 radical (unpaired) electrons. The Bertz CT molecular complexity index is 1060. The fourth-order valence-corrected chi connectivity index (χ4v) is 3.71. The van der Waals surface area contributed by atoms with Crippen LogP contribution in [0, 0.1) is 18.4 Å². The Morgan fingerprint density at radius 3 is 2.66 bits per heavy atom. The number of rotatable bonds is 2. The van der Waals surface area contributed by atoms with Crippen molar-refractivity contribution in [3.05, 3.63) is 54.1 Å². The van der Waals surface area contributed by atoms with Gasteiger partial charge >= 0.3 is 0 Å². The van der Waals surface area contributed by atoms with E-state index in [1.165, 1.54) is 0 Å². The molecule has 0 atom stereocenters. The van der Waals surface area contributed by atoms with Crippen LogP contribution in [0.3, 0.4) is 0 Å². The van der Waals surface area contributed by atoms with Gasteiger partial charge in [0.2, 0.25) is 5.96 Å². The Balaban J connectivity index is 1.61. The zero-order valence-corrected chi connectivity index (χ0v) is 16.9. The highest BCUT2D eigenvalue weighted by Gasteiger charge is 2.37. The van der Waals surface area contributed by atoms with Crippen molar-refractivity contribution in [2.24, 2.45) is 4.99 Å². The Hall–Kier alpha value is -3.53. The second-order valence-electron chi connectivity index (χ2n) is 7.81. The van der Waals surface area contributed by atoms with Crippen LogP contribution in [0.15, 0.2) is 57.9 Å². The molecule has 29 heavy (non-hydrogen) atoms. The first-order valence-electron chi connectivity index (χ1n) is 9.65. The molecule has 7 heteroatoms. The molecule has 3 aromatic rings. The second-order valence-corrected chi connectivity index (χ2v) is 7.81. The van der Waals surface area contributed by atoms with E-state index in [1.807, 2.05) is 61.6 Å². The Kier molecular flexibility index (Phi) is 4.85. The Morgan fingerprint density at radius 2 is 1.93 bits per heavy atom. The van der Waals surface area contributed by atoms with E-state index in [2.05, 4.69) is 33.9 Å². The molecule has 7 nitrogen and oxygen atoms in total. The molecular formula is C22H24N6O. The highest BCUT2D eigenvalue weighted by atomic mass is 16.4. The number of guanidine groups is 1. The van der Waals surface area contributed by atoms with Crippen LogP contribution < -0.4 is 10.2 Å².